The molecule has 1 aliphatic rings. The first-order valence-electron chi connectivity index (χ1n) is 6.11. The molecular formula is C11H17ClN2O3S. The number of rotatable bonds is 4. The fraction of sp³-hybridized carbons (Fsp3) is 0.727. The Balaban J connectivity index is 2.58. The average molecular weight is 293 g/mol. The van der Waals surface area contributed by atoms with Crippen LogP contribution in [0.5, 0.6) is 0 Å². The quantitative estimate of drug-likeness (QED) is 0.795. The Kier molecular flexibility index (Phi) is 3.99. The summed E-state index contributed by atoms with van der Waals surface area (Å²) in [6.45, 7) is 5.06. The van der Waals surface area contributed by atoms with Crippen molar-refractivity contribution in [3.05, 3.63) is 11.4 Å². The predicted molar refractivity (Wildman–Crippen MR) is 68.5 cm³/mol. The van der Waals surface area contributed by atoms with Crippen molar-refractivity contribution < 1.29 is 13.2 Å². The van der Waals surface area contributed by atoms with Crippen molar-refractivity contribution in [1.29, 1.82) is 0 Å². The highest BCUT2D eigenvalue weighted by Crippen LogP contribution is 2.29. The molecule has 5 nitrogen and oxygen atoms in total. The zero-order valence-corrected chi connectivity index (χ0v) is 12.1. The van der Waals surface area contributed by atoms with Gasteiger partial charge in [0.15, 0.2) is 0 Å². The summed E-state index contributed by atoms with van der Waals surface area (Å²) < 4.78 is 30.5. The molecule has 1 aromatic rings. The van der Waals surface area contributed by atoms with Crippen LogP contribution in [-0.4, -0.2) is 31.4 Å². The molecule has 2 heterocycles. The van der Waals surface area contributed by atoms with E-state index in [-0.39, 0.29) is 10.9 Å². The first-order valence-corrected chi connectivity index (χ1v) is 8.42. The maximum absolute atomic E-state index is 11.7. The number of hydrogen-bond donors (Lipinski definition) is 0. The first kappa shape index (κ1) is 13.8. The van der Waals surface area contributed by atoms with Gasteiger partial charge in [-0.3, -0.25) is 4.68 Å². The van der Waals surface area contributed by atoms with Gasteiger partial charge in [0.1, 0.15) is 4.90 Å². The molecule has 2 rings (SSSR count). The van der Waals surface area contributed by atoms with Gasteiger partial charge >= 0.3 is 0 Å². The van der Waals surface area contributed by atoms with E-state index in [1.165, 1.54) is 0 Å². The van der Waals surface area contributed by atoms with Gasteiger partial charge in [0.25, 0.3) is 9.05 Å². The summed E-state index contributed by atoms with van der Waals surface area (Å²) in [6.07, 6.45) is 2.00. The van der Waals surface area contributed by atoms with Crippen LogP contribution in [0.3, 0.4) is 0 Å². The Bertz CT molecular complexity index is 533. The molecule has 102 valence electrons. The second-order valence-electron chi connectivity index (χ2n) is 4.33. The highest BCUT2D eigenvalue weighted by molar-refractivity contribution is 8.13. The monoisotopic (exact) mass is 292 g/mol. The summed E-state index contributed by atoms with van der Waals surface area (Å²) >= 11 is 0. The number of hydrogen-bond acceptors (Lipinski definition) is 4. The molecule has 0 saturated carbocycles. The lowest BCUT2D eigenvalue weighted by atomic mass is 10.2. The SMILES string of the molecule is CCc1nn(C2CCOC2)c(CC)c1S(=O)(=O)Cl. The van der Waals surface area contributed by atoms with E-state index in [0.29, 0.717) is 37.4 Å². The van der Waals surface area contributed by atoms with E-state index in [1.54, 1.807) is 4.68 Å². The average Bonchev–Trinajstić information content (AvgIpc) is 2.93. The van der Waals surface area contributed by atoms with Gasteiger partial charge < -0.3 is 4.74 Å². The van der Waals surface area contributed by atoms with Gasteiger partial charge in [-0.25, -0.2) is 8.42 Å². The third-order valence-corrected chi connectivity index (χ3v) is 4.62. The van der Waals surface area contributed by atoms with Crippen LogP contribution in [0.2, 0.25) is 0 Å². The minimum absolute atomic E-state index is 0.123. The van der Waals surface area contributed by atoms with Crippen LogP contribution in [0.4, 0.5) is 0 Å². The summed E-state index contributed by atoms with van der Waals surface area (Å²) in [4.78, 5) is 0.195. The molecule has 1 atom stereocenters. The molecule has 0 amide bonds. The molecule has 0 spiro atoms. The molecule has 1 aliphatic heterocycles. The summed E-state index contributed by atoms with van der Waals surface area (Å²) in [5, 5.41) is 4.42. The van der Waals surface area contributed by atoms with Gasteiger partial charge in [-0.2, -0.15) is 5.10 Å². The topological polar surface area (TPSA) is 61.2 Å². The molecule has 18 heavy (non-hydrogen) atoms. The zero-order valence-electron chi connectivity index (χ0n) is 10.5. The molecule has 0 radical (unpaired) electrons. The minimum atomic E-state index is -3.75. The standard InChI is InChI=1S/C11H17ClN2O3S/c1-3-9-11(18(12,15)16)10(4-2)14(13-9)8-5-6-17-7-8/h8H,3-7H2,1-2H3. The fourth-order valence-corrected chi connectivity index (χ4v) is 3.88. The number of halogens is 1. The highest BCUT2D eigenvalue weighted by Gasteiger charge is 2.29. The van der Waals surface area contributed by atoms with E-state index in [0.717, 1.165) is 6.42 Å². The highest BCUT2D eigenvalue weighted by atomic mass is 35.7. The maximum Gasteiger partial charge on any atom is 0.264 e. The van der Waals surface area contributed by atoms with E-state index in [1.807, 2.05) is 13.8 Å². The second-order valence-corrected chi connectivity index (χ2v) is 6.83. The minimum Gasteiger partial charge on any atom is -0.379 e. The Morgan fingerprint density at radius 2 is 2.17 bits per heavy atom. The van der Waals surface area contributed by atoms with Crippen molar-refractivity contribution >= 4 is 19.7 Å². The lowest BCUT2D eigenvalue weighted by Crippen LogP contribution is -2.14. The van der Waals surface area contributed by atoms with Crippen molar-refractivity contribution in [3.63, 3.8) is 0 Å². The van der Waals surface area contributed by atoms with Crippen molar-refractivity contribution in [2.45, 2.75) is 44.0 Å². The Morgan fingerprint density at radius 1 is 1.44 bits per heavy atom. The van der Waals surface area contributed by atoms with Crippen LogP contribution in [0.25, 0.3) is 0 Å². The summed E-state index contributed by atoms with van der Waals surface area (Å²) in [5.74, 6) is 0. The molecular weight excluding hydrogens is 276 g/mol. The zero-order chi connectivity index (χ0) is 13.3. The van der Waals surface area contributed by atoms with Crippen LogP contribution in [0.1, 0.15) is 37.7 Å². The molecule has 0 bridgehead atoms. The second kappa shape index (κ2) is 5.19. The van der Waals surface area contributed by atoms with Crippen molar-refractivity contribution in [1.82, 2.24) is 9.78 Å². The third kappa shape index (κ3) is 2.41. The first-order chi connectivity index (χ1) is 8.49. The summed E-state index contributed by atoms with van der Waals surface area (Å²) in [6, 6.07) is 0.123. The number of ether oxygens (including phenoxy) is 1. The van der Waals surface area contributed by atoms with E-state index < -0.39 is 9.05 Å². The molecule has 0 aliphatic carbocycles. The van der Waals surface area contributed by atoms with E-state index in [2.05, 4.69) is 5.10 Å². The van der Waals surface area contributed by atoms with Crippen LogP contribution in [0.15, 0.2) is 4.90 Å². The molecule has 7 heteroatoms. The van der Waals surface area contributed by atoms with E-state index in [4.69, 9.17) is 15.4 Å². The molecule has 1 unspecified atom stereocenters. The van der Waals surface area contributed by atoms with Crippen LogP contribution >= 0.6 is 10.7 Å². The molecule has 1 aromatic heterocycles. The van der Waals surface area contributed by atoms with E-state index >= 15 is 0 Å². The number of aromatic nitrogens is 2. The Morgan fingerprint density at radius 3 is 2.61 bits per heavy atom. The molecule has 0 N–H and O–H groups in total. The fourth-order valence-electron chi connectivity index (χ4n) is 2.36. The van der Waals surface area contributed by atoms with Gasteiger partial charge in [0.2, 0.25) is 0 Å². The largest absolute Gasteiger partial charge is 0.379 e. The van der Waals surface area contributed by atoms with E-state index in [9.17, 15) is 8.42 Å². The maximum atomic E-state index is 11.7. The van der Waals surface area contributed by atoms with Gasteiger partial charge in [-0.15, -0.1) is 0 Å². The molecule has 1 fully saturated rings. The third-order valence-electron chi connectivity index (χ3n) is 3.19. The lowest BCUT2D eigenvalue weighted by molar-refractivity contribution is 0.184. The normalized spacial score (nSPS) is 20.5. The molecule has 0 aromatic carbocycles. The number of aryl methyl sites for hydroxylation is 1. The predicted octanol–water partition coefficient (Wildman–Crippen LogP) is 1.90. The lowest BCUT2D eigenvalue weighted by Gasteiger charge is -2.12. The number of nitrogens with zero attached hydrogens (tertiary/aromatic N) is 2. The van der Waals surface area contributed by atoms with Crippen LogP contribution in [0, 0.1) is 0 Å². The van der Waals surface area contributed by atoms with Gasteiger partial charge in [0.05, 0.1) is 24.0 Å². The van der Waals surface area contributed by atoms with Crippen molar-refractivity contribution in [2.24, 2.45) is 0 Å². The Hall–Kier alpha value is -0.590. The Labute approximate surface area is 111 Å². The van der Waals surface area contributed by atoms with Crippen LogP contribution in [-0.2, 0) is 26.6 Å². The molecule has 1 saturated heterocycles. The smallest absolute Gasteiger partial charge is 0.264 e. The summed E-state index contributed by atoms with van der Waals surface area (Å²) in [7, 11) is 1.79. The van der Waals surface area contributed by atoms with Gasteiger partial charge in [0, 0.05) is 17.3 Å². The van der Waals surface area contributed by atoms with Gasteiger partial charge in [-0.1, -0.05) is 13.8 Å². The van der Waals surface area contributed by atoms with Crippen molar-refractivity contribution in [3.8, 4) is 0 Å². The van der Waals surface area contributed by atoms with Crippen LogP contribution < -0.4 is 0 Å². The summed E-state index contributed by atoms with van der Waals surface area (Å²) in [5.41, 5.74) is 1.24. The van der Waals surface area contributed by atoms with Crippen molar-refractivity contribution in [2.75, 3.05) is 13.2 Å². The van der Waals surface area contributed by atoms with Gasteiger partial charge in [-0.05, 0) is 19.3 Å².